The zero-order valence-corrected chi connectivity index (χ0v) is 13.8. The molecule has 1 amide bonds. The lowest BCUT2D eigenvalue weighted by atomic mass is 9.97. The molecule has 1 fully saturated rings. The number of rotatable bonds is 5. The fourth-order valence-electron chi connectivity index (χ4n) is 2.71. The largest absolute Gasteiger partial charge is 0.317 e. The number of nitrogens with one attached hydrogen (secondary N) is 2. The van der Waals surface area contributed by atoms with Gasteiger partial charge >= 0.3 is 0 Å². The minimum absolute atomic E-state index is 0. The van der Waals surface area contributed by atoms with E-state index in [1.165, 1.54) is 6.42 Å². The van der Waals surface area contributed by atoms with Crippen molar-refractivity contribution in [1.29, 1.82) is 0 Å². The second-order valence-electron chi connectivity index (χ2n) is 6.10. The summed E-state index contributed by atoms with van der Waals surface area (Å²) in [6.45, 7) is 7.30. The zero-order chi connectivity index (χ0) is 14.4. The highest BCUT2D eigenvalue weighted by Crippen LogP contribution is 2.18. The van der Waals surface area contributed by atoms with Crippen molar-refractivity contribution >= 4 is 24.3 Å². The standard InChI is InChI=1S/C15H26N4O.ClH/c1-12(2)11-19-9-8-17-15(19)18-14(20)10-13-4-3-6-16-7-5-13;/h8-9,12-13,16H,3-7,10-11H2,1-2H3,(H,17,18,20);1H. The number of hydrogen-bond acceptors (Lipinski definition) is 3. The van der Waals surface area contributed by atoms with Gasteiger partial charge < -0.3 is 9.88 Å². The lowest BCUT2D eigenvalue weighted by Crippen LogP contribution is -2.20. The first-order chi connectivity index (χ1) is 9.65. The van der Waals surface area contributed by atoms with Gasteiger partial charge in [0.2, 0.25) is 11.9 Å². The fraction of sp³-hybridized carbons (Fsp3) is 0.733. The molecule has 0 aliphatic carbocycles. The summed E-state index contributed by atoms with van der Waals surface area (Å²) in [5, 5.41) is 6.33. The Balaban J connectivity index is 0.00000220. The highest BCUT2D eigenvalue weighted by atomic mass is 35.5. The van der Waals surface area contributed by atoms with E-state index in [0.29, 0.717) is 24.2 Å². The van der Waals surface area contributed by atoms with Gasteiger partial charge in [0, 0.05) is 25.4 Å². The van der Waals surface area contributed by atoms with E-state index in [-0.39, 0.29) is 18.3 Å². The smallest absolute Gasteiger partial charge is 0.226 e. The van der Waals surface area contributed by atoms with Crippen molar-refractivity contribution in [3.05, 3.63) is 12.4 Å². The van der Waals surface area contributed by atoms with E-state index in [4.69, 9.17) is 0 Å². The Labute approximate surface area is 133 Å². The second kappa shape index (κ2) is 9.05. The molecule has 0 saturated carbocycles. The van der Waals surface area contributed by atoms with Crippen LogP contribution in [0.5, 0.6) is 0 Å². The molecule has 2 N–H and O–H groups in total. The molecule has 5 nitrogen and oxygen atoms in total. The molecule has 1 aromatic rings. The van der Waals surface area contributed by atoms with E-state index in [1.54, 1.807) is 6.20 Å². The Morgan fingerprint density at radius 3 is 3.05 bits per heavy atom. The molecule has 1 aromatic heterocycles. The van der Waals surface area contributed by atoms with Crippen LogP contribution in [0.3, 0.4) is 0 Å². The van der Waals surface area contributed by atoms with Crippen LogP contribution >= 0.6 is 12.4 Å². The van der Waals surface area contributed by atoms with Crippen molar-refractivity contribution in [2.24, 2.45) is 11.8 Å². The van der Waals surface area contributed by atoms with Gasteiger partial charge in [-0.1, -0.05) is 13.8 Å². The van der Waals surface area contributed by atoms with Crippen LogP contribution in [0.15, 0.2) is 12.4 Å². The van der Waals surface area contributed by atoms with Gasteiger partial charge in [-0.3, -0.25) is 10.1 Å². The maximum atomic E-state index is 12.1. The number of imidazole rings is 1. The van der Waals surface area contributed by atoms with E-state index in [2.05, 4.69) is 29.5 Å². The summed E-state index contributed by atoms with van der Waals surface area (Å²) in [5.74, 6) is 1.80. The van der Waals surface area contributed by atoms with Crippen LogP contribution in [-0.4, -0.2) is 28.5 Å². The summed E-state index contributed by atoms with van der Waals surface area (Å²) in [6, 6.07) is 0. The maximum Gasteiger partial charge on any atom is 0.226 e. The van der Waals surface area contributed by atoms with Crippen LogP contribution in [0.1, 0.15) is 39.5 Å². The van der Waals surface area contributed by atoms with Gasteiger partial charge in [-0.15, -0.1) is 12.4 Å². The first kappa shape index (κ1) is 18.0. The molecule has 0 spiro atoms. The molecule has 2 heterocycles. The first-order valence-corrected chi connectivity index (χ1v) is 7.67. The minimum atomic E-state index is 0. The minimum Gasteiger partial charge on any atom is -0.317 e. The second-order valence-corrected chi connectivity index (χ2v) is 6.10. The predicted molar refractivity (Wildman–Crippen MR) is 87.8 cm³/mol. The molecule has 0 radical (unpaired) electrons. The van der Waals surface area contributed by atoms with Crippen molar-refractivity contribution < 1.29 is 4.79 Å². The van der Waals surface area contributed by atoms with E-state index in [1.807, 2.05) is 10.8 Å². The number of halogens is 1. The number of amides is 1. The molecule has 0 bridgehead atoms. The van der Waals surface area contributed by atoms with E-state index < -0.39 is 0 Å². The average molecular weight is 315 g/mol. The Bertz CT molecular complexity index is 425. The van der Waals surface area contributed by atoms with Crippen LogP contribution in [-0.2, 0) is 11.3 Å². The molecule has 21 heavy (non-hydrogen) atoms. The van der Waals surface area contributed by atoms with Crippen molar-refractivity contribution in [2.45, 2.75) is 46.1 Å². The first-order valence-electron chi connectivity index (χ1n) is 7.67. The lowest BCUT2D eigenvalue weighted by molar-refractivity contribution is -0.117. The molecule has 1 atom stereocenters. The number of nitrogens with zero attached hydrogens (tertiary/aromatic N) is 2. The van der Waals surface area contributed by atoms with Crippen molar-refractivity contribution in [2.75, 3.05) is 18.4 Å². The molecule has 6 heteroatoms. The molecule has 1 aliphatic rings. The summed E-state index contributed by atoms with van der Waals surface area (Å²) < 4.78 is 2.01. The molecule has 2 rings (SSSR count). The lowest BCUT2D eigenvalue weighted by Gasteiger charge is -2.14. The Morgan fingerprint density at radius 2 is 2.29 bits per heavy atom. The number of anilines is 1. The van der Waals surface area contributed by atoms with Gasteiger partial charge in [-0.2, -0.15) is 0 Å². The molecular formula is C15H27ClN4O. The molecule has 0 aromatic carbocycles. The number of carbonyl (C=O) groups excluding carboxylic acids is 1. The van der Waals surface area contributed by atoms with Crippen molar-refractivity contribution in [3.8, 4) is 0 Å². The molecular weight excluding hydrogens is 288 g/mol. The molecule has 120 valence electrons. The highest BCUT2D eigenvalue weighted by Gasteiger charge is 2.17. The number of carbonyl (C=O) groups is 1. The predicted octanol–water partition coefficient (Wildman–Crippen LogP) is 2.68. The Hall–Kier alpha value is -1.07. The monoisotopic (exact) mass is 314 g/mol. The third-order valence-corrected chi connectivity index (χ3v) is 3.70. The summed E-state index contributed by atoms with van der Waals surface area (Å²) >= 11 is 0. The summed E-state index contributed by atoms with van der Waals surface area (Å²) in [5.41, 5.74) is 0. The van der Waals surface area contributed by atoms with Gasteiger partial charge in [0.25, 0.3) is 0 Å². The Morgan fingerprint density at radius 1 is 1.48 bits per heavy atom. The maximum absolute atomic E-state index is 12.1. The van der Waals surface area contributed by atoms with E-state index in [9.17, 15) is 4.79 Å². The quantitative estimate of drug-likeness (QED) is 0.878. The zero-order valence-electron chi connectivity index (χ0n) is 13.0. The van der Waals surface area contributed by atoms with Crippen molar-refractivity contribution in [1.82, 2.24) is 14.9 Å². The van der Waals surface area contributed by atoms with Gasteiger partial charge in [-0.05, 0) is 44.2 Å². The number of aromatic nitrogens is 2. The van der Waals surface area contributed by atoms with Crippen LogP contribution in [0.25, 0.3) is 0 Å². The van der Waals surface area contributed by atoms with Gasteiger partial charge in [0.15, 0.2) is 0 Å². The SMILES string of the molecule is CC(C)Cn1ccnc1NC(=O)CC1CCCNCC1.Cl. The van der Waals surface area contributed by atoms with E-state index >= 15 is 0 Å². The highest BCUT2D eigenvalue weighted by molar-refractivity contribution is 5.89. The van der Waals surface area contributed by atoms with Gasteiger partial charge in [-0.25, -0.2) is 4.98 Å². The fourth-order valence-corrected chi connectivity index (χ4v) is 2.71. The number of hydrogen-bond donors (Lipinski definition) is 2. The average Bonchev–Trinajstić information content (AvgIpc) is 2.64. The van der Waals surface area contributed by atoms with Crippen LogP contribution in [0.4, 0.5) is 5.95 Å². The summed E-state index contributed by atoms with van der Waals surface area (Å²) in [7, 11) is 0. The molecule has 1 unspecified atom stereocenters. The van der Waals surface area contributed by atoms with Crippen LogP contribution in [0.2, 0.25) is 0 Å². The Kier molecular flexibility index (Phi) is 7.75. The van der Waals surface area contributed by atoms with E-state index in [0.717, 1.165) is 32.5 Å². The summed E-state index contributed by atoms with van der Waals surface area (Å²) in [4.78, 5) is 16.4. The topological polar surface area (TPSA) is 59.0 Å². The summed E-state index contributed by atoms with van der Waals surface area (Å²) in [6.07, 6.45) is 7.67. The van der Waals surface area contributed by atoms with Crippen LogP contribution in [0, 0.1) is 11.8 Å². The van der Waals surface area contributed by atoms with Gasteiger partial charge in [0.1, 0.15) is 0 Å². The van der Waals surface area contributed by atoms with Crippen molar-refractivity contribution in [3.63, 3.8) is 0 Å². The van der Waals surface area contributed by atoms with Crippen LogP contribution < -0.4 is 10.6 Å². The van der Waals surface area contributed by atoms with Gasteiger partial charge in [0.05, 0.1) is 0 Å². The molecule has 1 saturated heterocycles. The normalized spacial score (nSPS) is 18.9. The third-order valence-electron chi connectivity index (χ3n) is 3.70. The molecule has 1 aliphatic heterocycles. The third kappa shape index (κ3) is 6.06.